The smallest absolute Gasteiger partial charge is 0.303 e. The van der Waals surface area contributed by atoms with Crippen LogP contribution in [0.4, 0.5) is 0 Å². The molecule has 1 fully saturated rings. The van der Waals surface area contributed by atoms with Crippen molar-refractivity contribution < 1.29 is 38.4 Å². The first-order valence-electron chi connectivity index (χ1n) is 9.11. The van der Waals surface area contributed by atoms with E-state index in [1.807, 2.05) is 6.07 Å². The maximum atomic E-state index is 11.7. The first kappa shape index (κ1) is 25.6. The van der Waals surface area contributed by atoms with Crippen LogP contribution in [-0.2, 0) is 39.9 Å². The lowest BCUT2D eigenvalue weighted by Gasteiger charge is -2.43. The Labute approximate surface area is 193 Å². The summed E-state index contributed by atoms with van der Waals surface area (Å²) in [5.74, 6) is -2.10. The van der Waals surface area contributed by atoms with Crippen LogP contribution in [0.15, 0.2) is 30.3 Å². The molecule has 12 heteroatoms. The van der Waals surface area contributed by atoms with Gasteiger partial charge in [0.1, 0.15) is 18.8 Å². The zero-order valence-corrected chi connectivity index (χ0v) is 18.9. The second-order valence-electron chi connectivity index (χ2n) is 6.62. The van der Waals surface area contributed by atoms with Crippen LogP contribution in [0, 0.1) is 5.41 Å². The molecule has 1 aromatic rings. The fraction of sp³-hybridized carbons (Fsp3) is 0.526. The van der Waals surface area contributed by atoms with Gasteiger partial charge in [0, 0.05) is 13.8 Å². The molecule has 1 aliphatic rings. The highest BCUT2D eigenvalue weighted by atomic mass is 35.6. The molecule has 0 saturated carbocycles. The number of carbonyl (C=O) groups is 2. The first-order valence-corrected chi connectivity index (χ1v) is 10.2. The van der Waals surface area contributed by atoms with E-state index in [4.69, 9.17) is 63.9 Å². The van der Waals surface area contributed by atoms with Gasteiger partial charge in [-0.3, -0.25) is 15.0 Å². The summed E-state index contributed by atoms with van der Waals surface area (Å²) in [6, 6.07) is 9.02. The van der Waals surface area contributed by atoms with Gasteiger partial charge in [-0.15, -0.1) is 0 Å². The standard InChI is InChI=1S/C19H22Cl3NO8/c1-10(24)27-9-13-14(26)15(29-11(2)25)16(28-8-12-6-4-3-5-7-12)17(30-13)31-18(23)19(20,21)22/h3-7,13-17,23,26H,8-9H2,1-2H3/t13-,14-,15+,16-,17?/m1/s1. The van der Waals surface area contributed by atoms with E-state index in [1.54, 1.807) is 24.3 Å². The van der Waals surface area contributed by atoms with Gasteiger partial charge in [-0.25, -0.2) is 0 Å². The van der Waals surface area contributed by atoms with Crippen molar-refractivity contribution in [1.82, 2.24) is 0 Å². The van der Waals surface area contributed by atoms with Gasteiger partial charge in [0.05, 0.1) is 6.61 Å². The monoisotopic (exact) mass is 497 g/mol. The third kappa shape index (κ3) is 7.78. The third-order valence-corrected chi connectivity index (χ3v) is 4.66. The minimum Gasteiger partial charge on any atom is -0.463 e. The normalized spacial score (nSPS) is 26.1. The van der Waals surface area contributed by atoms with Crippen LogP contribution >= 0.6 is 34.8 Å². The van der Waals surface area contributed by atoms with Crippen molar-refractivity contribution in [3.63, 3.8) is 0 Å². The number of alkyl halides is 3. The van der Waals surface area contributed by atoms with E-state index in [9.17, 15) is 14.7 Å². The Balaban J connectivity index is 2.30. The summed E-state index contributed by atoms with van der Waals surface area (Å²) in [5, 5.41) is 18.6. The maximum absolute atomic E-state index is 11.7. The predicted molar refractivity (Wildman–Crippen MR) is 111 cm³/mol. The summed E-state index contributed by atoms with van der Waals surface area (Å²) in [6.45, 7) is 1.99. The van der Waals surface area contributed by atoms with Crippen LogP contribution < -0.4 is 0 Å². The number of benzene rings is 1. The van der Waals surface area contributed by atoms with Gasteiger partial charge in [-0.05, 0) is 5.56 Å². The van der Waals surface area contributed by atoms with E-state index in [2.05, 4.69) is 0 Å². The molecular weight excluding hydrogens is 477 g/mol. The molecule has 0 bridgehead atoms. The Bertz CT molecular complexity index is 773. The lowest BCUT2D eigenvalue weighted by atomic mass is 9.98. The number of rotatable bonds is 7. The van der Waals surface area contributed by atoms with Crippen molar-refractivity contribution in [2.24, 2.45) is 0 Å². The Morgan fingerprint density at radius 3 is 2.29 bits per heavy atom. The molecule has 0 aliphatic carbocycles. The molecule has 0 aromatic heterocycles. The lowest BCUT2D eigenvalue weighted by molar-refractivity contribution is -0.297. The maximum Gasteiger partial charge on any atom is 0.303 e. The number of aliphatic hydroxyl groups is 1. The molecule has 2 rings (SSSR count). The molecule has 31 heavy (non-hydrogen) atoms. The summed E-state index contributed by atoms with van der Waals surface area (Å²) >= 11 is 17.1. The van der Waals surface area contributed by atoms with Crippen LogP contribution in [0.2, 0.25) is 0 Å². The van der Waals surface area contributed by atoms with Crippen LogP contribution in [0.25, 0.3) is 0 Å². The Morgan fingerprint density at radius 1 is 1.10 bits per heavy atom. The topological polar surface area (TPSA) is 124 Å². The molecule has 0 spiro atoms. The van der Waals surface area contributed by atoms with Crippen molar-refractivity contribution in [3.8, 4) is 0 Å². The van der Waals surface area contributed by atoms with Crippen LogP contribution in [0.5, 0.6) is 0 Å². The molecular formula is C19H22Cl3NO8. The van der Waals surface area contributed by atoms with Gasteiger partial charge in [0.25, 0.3) is 3.79 Å². The largest absolute Gasteiger partial charge is 0.463 e. The van der Waals surface area contributed by atoms with E-state index in [0.717, 1.165) is 12.5 Å². The summed E-state index contributed by atoms with van der Waals surface area (Å²) in [7, 11) is 0. The Morgan fingerprint density at radius 2 is 1.74 bits per heavy atom. The van der Waals surface area contributed by atoms with E-state index in [1.165, 1.54) is 6.92 Å². The average Bonchev–Trinajstić information content (AvgIpc) is 2.68. The van der Waals surface area contributed by atoms with Gasteiger partial charge in [0.15, 0.2) is 12.2 Å². The van der Waals surface area contributed by atoms with E-state index in [0.29, 0.717) is 0 Å². The van der Waals surface area contributed by atoms with Gasteiger partial charge in [0.2, 0.25) is 12.2 Å². The number of ether oxygens (including phenoxy) is 5. The summed E-state index contributed by atoms with van der Waals surface area (Å²) in [5.41, 5.74) is 0.774. The van der Waals surface area contributed by atoms with Crippen molar-refractivity contribution in [2.75, 3.05) is 6.61 Å². The number of hydrogen-bond acceptors (Lipinski definition) is 9. The van der Waals surface area contributed by atoms with Crippen molar-refractivity contribution in [2.45, 2.75) is 55.0 Å². The fourth-order valence-corrected chi connectivity index (χ4v) is 2.91. The molecule has 1 saturated heterocycles. The minimum absolute atomic E-state index is 0.0366. The number of carbonyl (C=O) groups excluding carboxylic acids is 2. The average molecular weight is 499 g/mol. The third-order valence-electron chi connectivity index (χ3n) is 4.15. The molecule has 1 unspecified atom stereocenters. The van der Waals surface area contributed by atoms with Gasteiger partial charge in [-0.2, -0.15) is 0 Å². The second-order valence-corrected chi connectivity index (χ2v) is 8.90. The Kier molecular flexibility index (Phi) is 9.35. The van der Waals surface area contributed by atoms with Gasteiger partial charge < -0.3 is 28.8 Å². The lowest BCUT2D eigenvalue weighted by Crippen LogP contribution is -2.62. The molecule has 5 atom stereocenters. The quantitative estimate of drug-likeness (QED) is 0.254. The molecule has 0 radical (unpaired) electrons. The minimum atomic E-state index is -2.20. The van der Waals surface area contributed by atoms with Gasteiger partial charge in [-0.1, -0.05) is 65.1 Å². The highest BCUT2D eigenvalue weighted by Gasteiger charge is 2.51. The number of halogens is 3. The first-order chi connectivity index (χ1) is 14.5. The molecule has 1 aromatic carbocycles. The van der Waals surface area contributed by atoms with Crippen LogP contribution in [-0.4, -0.2) is 64.0 Å². The number of nitrogens with one attached hydrogen (secondary N) is 1. The highest BCUT2D eigenvalue weighted by molar-refractivity contribution is 6.76. The van der Waals surface area contributed by atoms with Crippen molar-refractivity contribution in [1.29, 1.82) is 5.41 Å². The Hall–Kier alpha value is -1.62. The molecule has 1 heterocycles. The van der Waals surface area contributed by atoms with Crippen molar-refractivity contribution in [3.05, 3.63) is 35.9 Å². The molecule has 0 amide bonds. The van der Waals surface area contributed by atoms with Crippen LogP contribution in [0.3, 0.4) is 0 Å². The van der Waals surface area contributed by atoms with E-state index in [-0.39, 0.29) is 13.2 Å². The zero-order chi connectivity index (χ0) is 23.2. The van der Waals surface area contributed by atoms with Crippen LogP contribution in [0.1, 0.15) is 19.4 Å². The summed E-state index contributed by atoms with van der Waals surface area (Å²) < 4.78 is 24.8. The predicted octanol–water partition coefficient (Wildman–Crippen LogP) is 2.52. The molecule has 2 N–H and O–H groups in total. The molecule has 9 nitrogen and oxygen atoms in total. The SMILES string of the molecule is CC(=O)OC[C@H]1OC(OC(=N)C(Cl)(Cl)Cl)[C@H](OCc2ccccc2)[C@@H](OC(C)=O)[C@@H]1O. The number of hydrogen-bond donors (Lipinski definition) is 2. The summed E-state index contributed by atoms with van der Waals surface area (Å²) in [6.07, 6.45) is -6.53. The molecule has 172 valence electrons. The van der Waals surface area contributed by atoms with E-state index >= 15 is 0 Å². The zero-order valence-electron chi connectivity index (χ0n) is 16.6. The molecule has 1 aliphatic heterocycles. The second kappa shape index (κ2) is 11.3. The van der Waals surface area contributed by atoms with Gasteiger partial charge >= 0.3 is 11.9 Å². The fourth-order valence-electron chi connectivity index (χ4n) is 2.77. The summed E-state index contributed by atoms with van der Waals surface area (Å²) in [4.78, 5) is 22.9. The number of aliphatic hydroxyl groups excluding tert-OH is 1. The number of esters is 2. The van der Waals surface area contributed by atoms with E-state index < -0.39 is 52.3 Å². The highest BCUT2D eigenvalue weighted by Crippen LogP contribution is 2.33. The van der Waals surface area contributed by atoms with Crippen molar-refractivity contribution >= 4 is 52.6 Å².